The molecule has 19 N–H and O–H groups in total. The van der Waals surface area contributed by atoms with Crippen molar-refractivity contribution in [3.8, 4) is 0 Å². The Balaban J connectivity index is 0.000000235. The number of ketones is 12. The van der Waals surface area contributed by atoms with Gasteiger partial charge in [-0.15, -0.1) is 0 Å². The van der Waals surface area contributed by atoms with Crippen LogP contribution in [0.3, 0.4) is 0 Å². The van der Waals surface area contributed by atoms with Gasteiger partial charge in [0.15, 0.2) is 0 Å². The van der Waals surface area contributed by atoms with Crippen LogP contribution in [0.25, 0.3) is 0 Å². The molecule has 0 radical (unpaired) electrons. The zero-order valence-electron chi connectivity index (χ0n) is 89.4. The predicted molar refractivity (Wildman–Crippen MR) is 565 cm³/mol. The quantitative estimate of drug-likeness (QED) is 0.0199. The van der Waals surface area contributed by atoms with E-state index in [4.69, 9.17) is 56.6 Å². The second kappa shape index (κ2) is 69.3. The smallest absolute Gasteiger partial charge is 0.427 e. The predicted octanol–water partition coefficient (Wildman–Crippen LogP) is 12.1. The lowest BCUT2D eigenvalue weighted by Crippen LogP contribution is -2.38. The normalized spacial score (nSPS) is 31.1. The number of hydrogen-bond acceptors (Lipinski definition) is 32. The van der Waals surface area contributed by atoms with E-state index in [9.17, 15) is 87.7 Å². The molecule has 6 saturated carbocycles. The Labute approximate surface area is 864 Å². The number of rotatable bonds is 47. The zero-order chi connectivity index (χ0) is 105. The fourth-order valence-corrected chi connectivity index (χ4v) is 24.1. The lowest BCUT2D eigenvalue weighted by molar-refractivity contribution is -0.125. The molecule has 816 valence electrons. The molecule has 0 amide bonds. The van der Waals surface area contributed by atoms with Gasteiger partial charge in [0.1, 0.15) is 69.4 Å². The van der Waals surface area contributed by atoms with E-state index in [1.54, 1.807) is 6.92 Å². The molecule has 12 aliphatic rings. The fraction of sp³-hybridized carbons (Fsp3) is 0.887. The van der Waals surface area contributed by atoms with Crippen LogP contribution in [-0.4, -0.2) is 249 Å². The van der Waals surface area contributed by atoms with E-state index >= 15 is 0 Å². The molecule has 0 aromatic carbocycles. The Kier molecular flexibility index (Phi) is 60.9. The van der Waals surface area contributed by atoms with Crippen molar-refractivity contribution < 1.29 is 116 Å². The van der Waals surface area contributed by atoms with E-state index < -0.39 is 42.7 Å². The number of carbonyl (C=O) groups is 12. The molecule has 0 aromatic heterocycles. The molecule has 6 saturated heterocycles. The van der Waals surface area contributed by atoms with Crippen molar-refractivity contribution in [1.29, 1.82) is 0 Å². The first-order valence-corrected chi connectivity index (χ1v) is 56.6. The molecule has 0 bridgehead atoms. The molecule has 144 heavy (non-hydrogen) atoms. The van der Waals surface area contributed by atoms with Gasteiger partial charge in [-0.1, -0.05) is 13.8 Å². The molecule has 0 spiro atoms. The van der Waals surface area contributed by atoms with Gasteiger partial charge in [0, 0.05) is 236 Å². The molecule has 32 nitrogen and oxygen atoms in total. The molecule has 6 aliphatic heterocycles. The Hall–Kier alpha value is -4.37. The topological polar surface area (TPSA) is 548 Å². The summed E-state index contributed by atoms with van der Waals surface area (Å²) >= 11 is 0. The van der Waals surface area contributed by atoms with Gasteiger partial charge in [-0.2, -0.15) is 0 Å². The first kappa shape index (κ1) is 127. The molecule has 6 aliphatic carbocycles. The van der Waals surface area contributed by atoms with Crippen LogP contribution in [0.2, 0.25) is 34.9 Å². The van der Waals surface area contributed by atoms with Crippen molar-refractivity contribution in [3.63, 3.8) is 0 Å². The lowest BCUT2D eigenvalue weighted by atomic mass is 9.63. The molecule has 12 atom stereocenters. The summed E-state index contributed by atoms with van der Waals surface area (Å²) in [7, 11) is -5.49. The molecule has 12 rings (SSSR count). The van der Waals surface area contributed by atoms with Crippen molar-refractivity contribution in [2.45, 2.75) is 498 Å². The lowest BCUT2D eigenvalue weighted by Gasteiger charge is -2.32. The van der Waals surface area contributed by atoms with Gasteiger partial charge in [0.2, 0.25) is 0 Å². The highest BCUT2D eigenvalue weighted by Crippen LogP contribution is 2.43. The van der Waals surface area contributed by atoms with Gasteiger partial charge < -0.3 is 103 Å². The highest BCUT2D eigenvalue weighted by atomic mass is 16.6. The second-order valence-electron chi connectivity index (χ2n) is 46.3. The molecule has 12 fully saturated rings. The van der Waals surface area contributed by atoms with Gasteiger partial charge in [0.05, 0.1) is 0 Å². The third-order valence-corrected chi connectivity index (χ3v) is 32.9. The van der Waals surface area contributed by atoms with Gasteiger partial charge in [-0.25, -0.2) is 0 Å². The summed E-state index contributed by atoms with van der Waals surface area (Å²) in [6.45, 7) is 19.4. The number of carbonyl (C=O) groups excluding carboxylic acids is 12. The summed E-state index contributed by atoms with van der Waals surface area (Å²) in [4.78, 5) is 141. The summed E-state index contributed by atoms with van der Waals surface area (Å²) < 4.78 is 33.1. The van der Waals surface area contributed by atoms with Crippen molar-refractivity contribution >= 4 is 112 Å². The maximum absolute atomic E-state index is 12.5. The SMILES string of the molecule is CC(=O)C[C@@H]1CC[C@H](CC(=O)C2CCC(CN)CC2)B(O)O1.CC(=O)C[C@@H]1CC[C@H](CC(=O)C2CCC(N)CC2)B(O)O1.CC(=O)C[C@@H]1CC[C@H](CC(=O)CC2CCC(CN)CC2)B(O)O1.CC(=O)C[C@@H]1CC[C@H](CC(=O)CC2CCC(NCCCC(C)C)CC2)B(O)O1.CC(=O)C[C@@H]1CC[C@H](CC(=O)CC2CCC(NCCN)CC2)B(O)O1.CC(=O)C[C@H]1CC[C@H](CC(=O)CC2CCC(NCCN)CC2)B(O)O1. The number of hydrogen-bond donors (Lipinski definition) is 14. The maximum Gasteiger partial charge on any atom is 0.458 e. The average molecular weight is 2030 g/mol. The number of nitrogens with one attached hydrogen (secondary N) is 3. The fourth-order valence-electron chi connectivity index (χ4n) is 24.1. The molecular weight excluding hydrogens is 1830 g/mol. The Morgan fingerprint density at radius 1 is 0.264 bits per heavy atom. The second-order valence-corrected chi connectivity index (χ2v) is 46.3. The average Bonchev–Trinajstić information content (AvgIpc) is 0.822. The Morgan fingerprint density at radius 3 is 0.688 bits per heavy atom. The van der Waals surface area contributed by atoms with Crippen LogP contribution >= 0.6 is 0 Å². The van der Waals surface area contributed by atoms with E-state index in [0.717, 1.165) is 250 Å². The third kappa shape index (κ3) is 50.9. The highest BCUT2D eigenvalue weighted by molar-refractivity contribution is 6.47. The molecular formula is C106H190B6N8O24. The van der Waals surface area contributed by atoms with Gasteiger partial charge >= 0.3 is 42.7 Å². The molecule has 0 unspecified atom stereocenters. The van der Waals surface area contributed by atoms with Gasteiger partial charge in [-0.3, -0.25) is 57.5 Å². The summed E-state index contributed by atoms with van der Waals surface area (Å²) in [5.41, 5.74) is 28.3. The van der Waals surface area contributed by atoms with E-state index in [1.807, 2.05) is 0 Å². The van der Waals surface area contributed by atoms with Crippen molar-refractivity contribution in [3.05, 3.63) is 0 Å². The minimum atomic E-state index is -0.919. The summed E-state index contributed by atoms with van der Waals surface area (Å²) in [5.74, 6) is 5.27. The van der Waals surface area contributed by atoms with Crippen LogP contribution in [0.5, 0.6) is 0 Å². The van der Waals surface area contributed by atoms with Crippen LogP contribution in [0, 0.1) is 53.3 Å². The van der Waals surface area contributed by atoms with Crippen LogP contribution in [0.15, 0.2) is 0 Å². The minimum Gasteiger partial charge on any atom is -0.427 e. The van der Waals surface area contributed by atoms with Gasteiger partial charge in [-0.05, 0) is 347 Å². The standard InChI is InChI=1S/C22H40BNO4.2C18H33BN2O4.C17H30BNO4.C16H28BNO4.C15H26BNO4/c1-16(2)5-4-12-24-20-9-6-18(7-10-20)14-21(26)15-19-8-11-22(13-17(3)25)28-23(19)27;2*1-13(22)10-18-7-4-15(19(24)25-18)12-17(23)11-14-2-5-16(6-3-14)21-9-8-20;1-12(20)8-17-7-6-15(18(22)23-17)10-16(21)9-13-2-4-14(11-19)5-3-13;1-11(19)8-15-7-6-14(17(21)22-15)9-16(20)13-4-2-12(10-18)3-5-13;1-10(18)8-14-7-4-12(16(20)21-14)9-15(19)11-2-5-13(17)6-3-11/h16,18-20,22,24,27H,4-15H2,1-3H3;2*14-16,18,21,24H,2-12,20H2,1H3;13-15,17,22H,2-11,19H2,1H3;12-15,21H,2-10,18H2,1H3;11-14,20H,2-9,17H2,1H3/t18?,19-,20?,22+;14?,15-,16?,18+;14?,15-,16?,18-;13?,14?,15-,17+;12?,13?,14-,15+;11?,12-,13?,14+/m111111/s1. The largest absolute Gasteiger partial charge is 0.458 e. The monoisotopic (exact) mass is 2030 g/mol. The molecule has 6 heterocycles. The van der Waals surface area contributed by atoms with Crippen LogP contribution in [0.4, 0.5) is 0 Å². The van der Waals surface area contributed by atoms with Crippen molar-refractivity contribution in [2.24, 2.45) is 81.9 Å². The van der Waals surface area contributed by atoms with E-state index in [-0.39, 0.29) is 159 Å². The van der Waals surface area contributed by atoms with E-state index in [1.165, 1.54) is 60.3 Å². The molecule has 38 heteroatoms. The summed E-state index contributed by atoms with van der Waals surface area (Å²) in [6, 6.07) is 1.94. The third-order valence-electron chi connectivity index (χ3n) is 32.9. The van der Waals surface area contributed by atoms with Crippen molar-refractivity contribution in [2.75, 3.05) is 45.8 Å². The first-order chi connectivity index (χ1) is 68.7. The van der Waals surface area contributed by atoms with E-state index in [0.29, 0.717) is 176 Å². The number of nitrogens with two attached hydrogens (primary N) is 5. The van der Waals surface area contributed by atoms with Gasteiger partial charge in [0.25, 0.3) is 0 Å². The van der Waals surface area contributed by atoms with Crippen LogP contribution in [-0.2, 0) is 85.5 Å². The minimum absolute atomic E-state index is 0.0697. The van der Waals surface area contributed by atoms with E-state index in [2.05, 4.69) is 29.8 Å². The maximum atomic E-state index is 12.5. The molecule has 0 aromatic rings. The van der Waals surface area contributed by atoms with Crippen LogP contribution in [0.1, 0.15) is 402 Å². The summed E-state index contributed by atoms with van der Waals surface area (Å²) in [5, 5.41) is 71.2. The summed E-state index contributed by atoms with van der Waals surface area (Å²) in [6.07, 6.45) is 42.6. The van der Waals surface area contributed by atoms with Crippen LogP contribution < -0.4 is 44.6 Å². The zero-order valence-corrected chi connectivity index (χ0v) is 89.4. The van der Waals surface area contributed by atoms with Crippen molar-refractivity contribution in [1.82, 2.24) is 16.0 Å². The number of Topliss-reactive ketones (excluding diaryl/α,β-unsaturated/α-hetero) is 12. The highest BCUT2D eigenvalue weighted by Gasteiger charge is 2.45. The Bertz CT molecular complexity index is 3690. The first-order valence-electron chi connectivity index (χ1n) is 56.6. The Morgan fingerprint density at radius 2 is 0.472 bits per heavy atom.